The van der Waals surface area contributed by atoms with Crippen LogP contribution in [0.25, 0.3) is 10.9 Å². The molecule has 2 rings (SSSR count). The first kappa shape index (κ1) is 6.28. The van der Waals surface area contributed by atoms with Crippen LogP contribution in [0.1, 0.15) is 5.56 Å². The first-order valence-corrected chi connectivity index (χ1v) is 3.54. The Morgan fingerprint density at radius 3 is 3.00 bits per heavy atom. The molecule has 2 aromatic rings. The maximum atomic E-state index is 3.99. The maximum Gasteiger partial charge on any atom is 0.0932 e. The second-order valence-corrected chi connectivity index (χ2v) is 2.59. The first-order valence-electron chi connectivity index (χ1n) is 3.54. The number of hydrogen-bond donors (Lipinski definition) is 0. The molecule has 0 radical (unpaired) electrons. The molecule has 0 fully saturated rings. The van der Waals surface area contributed by atoms with Crippen molar-refractivity contribution in [2.45, 2.75) is 6.92 Å². The molecule has 0 N–H and O–H groups in total. The second kappa shape index (κ2) is 2.31. The van der Waals surface area contributed by atoms with Gasteiger partial charge in [0.15, 0.2) is 0 Å². The van der Waals surface area contributed by atoms with E-state index in [1.807, 2.05) is 19.1 Å². The normalized spacial score (nSPS) is 10.3. The summed E-state index contributed by atoms with van der Waals surface area (Å²) in [5.74, 6) is 0. The minimum Gasteiger partial charge on any atom is -0.159 e. The molecule has 0 spiro atoms. The van der Waals surface area contributed by atoms with Crippen LogP contribution in [0.5, 0.6) is 0 Å². The van der Waals surface area contributed by atoms with Crippen molar-refractivity contribution in [1.82, 2.24) is 10.2 Å². The summed E-state index contributed by atoms with van der Waals surface area (Å²) in [6.07, 6.45) is 1.71. The van der Waals surface area contributed by atoms with E-state index in [1.54, 1.807) is 6.20 Å². The zero-order valence-electron chi connectivity index (χ0n) is 6.28. The molecule has 0 saturated carbocycles. The maximum absolute atomic E-state index is 3.99. The molecule has 1 aromatic carbocycles. The van der Waals surface area contributed by atoms with Crippen molar-refractivity contribution in [3.63, 3.8) is 0 Å². The lowest BCUT2D eigenvalue weighted by Crippen LogP contribution is -1.82. The standard InChI is InChI=1S/C9H8N2/c1-7-2-3-8-4-5-10-11-9(8)6-7/h2-6H,1H3. The van der Waals surface area contributed by atoms with Crippen molar-refractivity contribution in [2.24, 2.45) is 0 Å². The van der Waals surface area contributed by atoms with Gasteiger partial charge in [-0.1, -0.05) is 12.1 Å². The molecule has 1 aromatic heterocycles. The number of hydrogen-bond acceptors (Lipinski definition) is 2. The van der Waals surface area contributed by atoms with Crippen molar-refractivity contribution < 1.29 is 0 Å². The lowest BCUT2D eigenvalue weighted by Gasteiger charge is -1.94. The first-order chi connectivity index (χ1) is 5.36. The molecule has 2 nitrogen and oxygen atoms in total. The quantitative estimate of drug-likeness (QED) is 0.564. The van der Waals surface area contributed by atoms with E-state index in [9.17, 15) is 0 Å². The Bertz CT molecular complexity index is 382. The zero-order valence-corrected chi connectivity index (χ0v) is 6.28. The monoisotopic (exact) mass is 144 g/mol. The van der Waals surface area contributed by atoms with Crippen LogP contribution in [0.3, 0.4) is 0 Å². The lowest BCUT2D eigenvalue weighted by molar-refractivity contribution is 1.07. The molecular formula is C9H8N2. The SMILES string of the molecule is Cc1ccc2ccnnc2c1. The molecule has 0 atom stereocenters. The van der Waals surface area contributed by atoms with Gasteiger partial charge in [0, 0.05) is 5.39 Å². The average molecular weight is 144 g/mol. The van der Waals surface area contributed by atoms with Crippen LogP contribution in [-0.2, 0) is 0 Å². The number of aryl methyl sites for hydroxylation is 1. The summed E-state index contributed by atoms with van der Waals surface area (Å²) in [7, 11) is 0. The molecule has 11 heavy (non-hydrogen) atoms. The number of rotatable bonds is 0. The van der Waals surface area contributed by atoms with E-state index in [4.69, 9.17) is 0 Å². The highest BCUT2D eigenvalue weighted by Gasteiger charge is 1.91. The summed E-state index contributed by atoms with van der Waals surface area (Å²) in [6.45, 7) is 2.05. The van der Waals surface area contributed by atoms with Crippen molar-refractivity contribution >= 4 is 10.9 Å². The molecule has 0 aliphatic rings. The van der Waals surface area contributed by atoms with Gasteiger partial charge in [0.05, 0.1) is 11.7 Å². The molecule has 0 amide bonds. The van der Waals surface area contributed by atoms with Gasteiger partial charge in [-0.05, 0) is 24.6 Å². The Hall–Kier alpha value is -1.44. The second-order valence-electron chi connectivity index (χ2n) is 2.59. The Balaban J connectivity index is 2.83. The Morgan fingerprint density at radius 2 is 2.09 bits per heavy atom. The Labute approximate surface area is 64.9 Å². The molecule has 0 saturated heterocycles. The summed E-state index contributed by atoms with van der Waals surface area (Å²) in [6, 6.07) is 8.12. The van der Waals surface area contributed by atoms with E-state index >= 15 is 0 Å². The molecule has 2 heteroatoms. The number of nitrogens with zero attached hydrogens (tertiary/aromatic N) is 2. The van der Waals surface area contributed by atoms with Crippen molar-refractivity contribution in [3.05, 3.63) is 36.0 Å². The highest BCUT2D eigenvalue weighted by atomic mass is 15.1. The van der Waals surface area contributed by atoms with Crippen molar-refractivity contribution in [1.29, 1.82) is 0 Å². The highest BCUT2D eigenvalue weighted by Crippen LogP contribution is 2.10. The lowest BCUT2D eigenvalue weighted by atomic mass is 10.2. The zero-order chi connectivity index (χ0) is 7.68. The van der Waals surface area contributed by atoms with Gasteiger partial charge in [0.25, 0.3) is 0 Å². The fourth-order valence-electron chi connectivity index (χ4n) is 1.09. The predicted molar refractivity (Wildman–Crippen MR) is 44.3 cm³/mol. The van der Waals surface area contributed by atoms with Gasteiger partial charge < -0.3 is 0 Å². The van der Waals surface area contributed by atoms with Crippen LogP contribution in [0.4, 0.5) is 0 Å². The summed E-state index contributed by atoms with van der Waals surface area (Å²) in [4.78, 5) is 0. The minimum atomic E-state index is 0.965. The number of fused-ring (bicyclic) bond motifs is 1. The summed E-state index contributed by atoms with van der Waals surface area (Å²) >= 11 is 0. The smallest absolute Gasteiger partial charge is 0.0932 e. The third kappa shape index (κ3) is 1.07. The Kier molecular flexibility index (Phi) is 1.32. The van der Waals surface area contributed by atoms with Gasteiger partial charge in [0.1, 0.15) is 0 Å². The molecule has 0 bridgehead atoms. The summed E-state index contributed by atoms with van der Waals surface area (Å²) in [5, 5.41) is 8.94. The number of benzene rings is 1. The molecule has 0 aliphatic heterocycles. The third-order valence-corrected chi connectivity index (χ3v) is 1.67. The summed E-state index contributed by atoms with van der Waals surface area (Å²) < 4.78 is 0. The minimum absolute atomic E-state index is 0.965. The van der Waals surface area contributed by atoms with Crippen LogP contribution in [0.15, 0.2) is 30.5 Å². The van der Waals surface area contributed by atoms with Crippen LogP contribution in [0, 0.1) is 6.92 Å². The topological polar surface area (TPSA) is 25.8 Å². The van der Waals surface area contributed by atoms with E-state index in [0.29, 0.717) is 0 Å². The van der Waals surface area contributed by atoms with Crippen LogP contribution in [-0.4, -0.2) is 10.2 Å². The van der Waals surface area contributed by atoms with Gasteiger partial charge in [-0.3, -0.25) is 0 Å². The third-order valence-electron chi connectivity index (χ3n) is 1.67. The highest BCUT2D eigenvalue weighted by molar-refractivity contribution is 5.78. The largest absolute Gasteiger partial charge is 0.159 e. The van der Waals surface area contributed by atoms with Crippen LogP contribution >= 0.6 is 0 Å². The fraction of sp³-hybridized carbons (Fsp3) is 0.111. The van der Waals surface area contributed by atoms with E-state index in [1.165, 1.54) is 5.56 Å². The van der Waals surface area contributed by atoms with E-state index in [0.717, 1.165) is 10.9 Å². The van der Waals surface area contributed by atoms with E-state index < -0.39 is 0 Å². The summed E-state index contributed by atoms with van der Waals surface area (Å²) in [5.41, 5.74) is 2.19. The van der Waals surface area contributed by atoms with Gasteiger partial charge in [-0.15, -0.1) is 0 Å². The van der Waals surface area contributed by atoms with E-state index in [2.05, 4.69) is 22.3 Å². The molecular weight excluding hydrogens is 136 g/mol. The average Bonchev–Trinajstić information content (AvgIpc) is 2.04. The van der Waals surface area contributed by atoms with Crippen LogP contribution < -0.4 is 0 Å². The molecule has 0 aliphatic carbocycles. The van der Waals surface area contributed by atoms with Gasteiger partial charge in [0.2, 0.25) is 0 Å². The van der Waals surface area contributed by atoms with Gasteiger partial charge >= 0.3 is 0 Å². The predicted octanol–water partition coefficient (Wildman–Crippen LogP) is 1.94. The molecule has 54 valence electrons. The van der Waals surface area contributed by atoms with E-state index in [-0.39, 0.29) is 0 Å². The van der Waals surface area contributed by atoms with Crippen molar-refractivity contribution in [3.8, 4) is 0 Å². The van der Waals surface area contributed by atoms with Gasteiger partial charge in [-0.2, -0.15) is 10.2 Å². The molecule has 0 unspecified atom stereocenters. The number of aromatic nitrogens is 2. The van der Waals surface area contributed by atoms with Crippen LogP contribution in [0.2, 0.25) is 0 Å². The van der Waals surface area contributed by atoms with Gasteiger partial charge in [-0.25, -0.2) is 0 Å². The Morgan fingerprint density at radius 1 is 1.18 bits per heavy atom. The van der Waals surface area contributed by atoms with Crippen molar-refractivity contribution in [2.75, 3.05) is 0 Å². The fourth-order valence-corrected chi connectivity index (χ4v) is 1.09. The molecule has 1 heterocycles.